The number of hydrogen-bond acceptors (Lipinski definition) is 5. The summed E-state index contributed by atoms with van der Waals surface area (Å²) in [4.78, 5) is 14.7. The number of nitrogens with zero attached hydrogens (tertiary/aromatic N) is 5. The molecule has 2 heterocycles. The van der Waals surface area contributed by atoms with E-state index in [1.54, 1.807) is 0 Å². The Labute approximate surface area is 199 Å². The molecule has 3 rings (SSSR count). The molecule has 170 valence electrons. The van der Waals surface area contributed by atoms with Gasteiger partial charge in [-0.2, -0.15) is 0 Å². The van der Waals surface area contributed by atoms with Gasteiger partial charge in [0, 0.05) is 64.9 Å². The molecule has 7 nitrogen and oxygen atoms in total. The van der Waals surface area contributed by atoms with Crippen LogP contribution in [0.15, 0.2) is 35.3 Å². The van der Waals surface area contributed by atoms with Crippen LogP contribution >= 0.6 is 24.0 Å². The van der Waals surface area contributed by atoms with Crippen molar-refractivity contribution >= 4 is 29.9 Å². The summed E-state index contributed by atoms with van der Waals surface area (Å²) in [6.07, 6.45) is 0. The lowest BCUT2D eigenvalue weighted by Crippen LogP contribution is -2.54. The van der Waals surface area contributed by atoms with Crippen LogP contribution in [-0.4, -0.2) is 118 Å². The summed E-state index contributed by atoms with van der Waals surface area (Å²) >= 11 is 0. The summed E-state index contributed by atoms with van der Waals surface area (Å²) in [6.45, 7) is 13.1. The molecule has 2 fully saturated rings. The molecule has 0 amide bonds. The lowest BCUT2D eigenvalue weighted by atomic mass is 10.2. The molecule has 1 N–H and O–H groups in total. The smallest absolute Gasteiger partial charge is 0.194 e. The summed E-state index contributed by atoms with van der Waals surface area (Å²) in [6, 6.07) is 10.6. The van der Waals surface area contributed by atoms with Crippen molar-refractivity contribution in [3.8, 4) is 5.75 Å². The second-order valence-corrected chi connectivity index (χ2v) is 8.08. The Morgan fingerprint density at radius 2 is 1.80 bits per heavy atom. The molecule has 2 saturated heterocycles. The van der Waals surface area contributed by atoms with Crippen LogP contribution in [0.2, 0.25) is 0 Å². The number of rotatable bonds is 7. The van der Waals surface area contributed by atoms with E-state index in [9.17, 15) is 0 Å². The van der Waals surface area contributed by atoms with Gasteiger partial charge in [-0.15, -0.1) is 24.0 Å². The zero-order valence-corrected chi connectivity index (χ0v) is 21.1. The van der Waals surface area contributed by atoms with Crippen molar-refractivity contribution in [3.63, 3.8) is 0 Å². The Hall–Kier alpha value is -1.10. The van der Waals surface area contributed by atoms with Crippen molar-refractivity contribution in [2.24, 2.45) is 4.99 Å². The molecule has 1 aromatic rings. The number of nitrogens with one attached hydrogen (secondary N) is 1. The maximum absolute atomic E-state index is 5.85. The molecular weight excluding hydrogens is 491 g/mol. The second-order valence-electron chi connectivity index (χ2n) is 8.08. The molecule has 0 aliphatic carbocycles. The highest BCUT2D eigenvalue weighted by Gasteiger charge is 2.23. The fourth-order valence-electron chi connectivity index (χ4n) is 3.91. The number of para-hydroxylation sites is 1. The van der Waals surface area contributed by atoms with Crippen molar-refractivity contribution in [3.05, 3.63) is 30.3 Å². The molecule has 0 aromatic heterocycles. The molecule has 30 heavy (non-hydrogen) atoms. The van der Waals surface area contributed by atoms with E-state index in [-0.39, 0.29) is 24.0 Å². The largest absolute Gasteiger partial charge is 0.492 e. The highest BCUT2D eigenvalue weighted by Crippen LogP contribution is 2.10. The van der Waals surface area contributed by atoms with Gasteiger partial charge in [0.1, 0.15) is 12.4 Å². The fraction of sp³-hybridized carbons (Fsp3) is 0.682. The van der Waals surface area contributed by atoms with Crippen molar-refractivity contribution in [1.82, 2.24) is 24.9 Å². The standard InChI is InChI=1S/C22H38N6O.HI/c1-4-23-22(24-18-20-19-25(2)10-11-26(20)3)28-14-12-27(13-15-28)16-17-29-21-8-6-5-7-9-21;/h5-9,20H,4,10-19H2,1-3H3,(H,23,24);1H. The third-order valence-electron chi connectivity index (χ3n) is 5.86. The van der Waals surface area contributed by atoms with Crippen LogP contribution in [0.1, 0.15) is 6.92 Å². The lowest BCUT2D eigenvalue weighted by molar-refractivity contribution is 0.119. The SMILES string of the molecule is CCNC(=NCC1CN(C)CCN1C)N1CCN(CCOc2ccccc2)CC1.I. The fourth-order valence-corrected chi connectivity index (χ4v) is 3.91. The van der Waals surface area contributed by atoms with Gasteiger partial charge in [-0.1, -0.05) is 18.2 Å². The Balaban J connectivity index is 0.00000320. The molecule has 2 aliphatic heterocycles. The molecular formula is C22H39IN6O. The number of halogens is 1. The normalized spacial score (nSPS) is 21.9. The van der Waals surface area contributed by atoms with Crippen LogP contribution in [-0.2, 0) is 0 Å². The molecule has 0 bridgehead atoms. The summed E-state index contributed by atoms with van der Waals surface area (Å²) in [7, 11) is 4.42. The predicted octanol–water partition coefficient (Wildman–Crippen LogP) is 1.51. The Bertz CT molecular complexity index is 623. The van der Waals surface area contributed by atoms with Crippen molar-refractivity contribution in [2.75, 3.05) is 86.1 Å². The number of guanidine groups is 1. The van der Waals surface area contributed by atoms with E-state index >= 15 is 0 Å². The third-order valence-corrected chi connectivity index (χ3v) is 5.86. The van der Waals surface area contributed by atoms with Crippen LogP contribution in [0.3, 0.4) is 0 Å². The molecule has 0 radical (unpaired) electrons. The quantitative estimate of drug-likeness (QED) is 0.328. The monoisotopic (exact) mass is 530 g/mol. The van der Waals surface area contributed by atoms with Gasteiger partial charge in [0.05, 0.1) is 6.54 Å². The van der Waals surface area contributed by atoms with Gasteiger partial charge in [0.25, 0.3) is 0 Å². The van der Waals surface area contributed by atoms with E-state index in [1.165, 1.54) is 0 Å². The van der Waals surface area contributed by atoms with E-state index in [0.717, 1.165) is 83.8 Å². The molecule has 8 heteroatoms. The van der Waals surface area contributed by atoms with Crippen molar-refractivity contribution in [2.45, 2.75) is 13.0 Å². The number of benzene rings is 1. The van der Waals surface area contributed by atoms with Gasteiger partial charge >= 0.3 is 0 Å². The average Bonchev–Trinajstić information content (AvgIpc) is 2.75. The average molecular weight is 530 g/mol. The highest BCUT2D eigenvalue weighted by atomic mass is 127. The molecule has 1 atom stereocenters. The lowest BCUT2D eigenvalue weighted by Gasteiger charge is -2.38. The van der Waals surface area contributed by atoms with Gasteiger partial charge in [0.2, 0.25) is 0 Å². The zero-order valence-electron chi connectivity index (χ0n) is 18.8. The van der Waals surface area contributed by atoms with Crippen molar-refractivity contribution < 1.29 is 4.74 Å². The molecule has 2 aliphatic rings. The summed E-state index contributed by atoms with van der Waals surface area (Å²) in [5.41, 5.74) is 0. The summed E-state index contributed by atoms with van der Waals surface area (Å²) in [5, 5.41) is 3.50. The number of likely N-dealkylation sites (N-methyl/N-ethyl adjacent to an activating group) is 2. The van der Waals surface area contributed by atoms with E-state index in [1.807, 2.05) is 30.3 Å². The molecule has 1 aromatic carbocycles. The van der Waals surface area contributed by atoms with Crippen LogP contribution in [0, 0.1) is 0 Å². The van der Waals surface area contributed by atoms with E-state index < -0.39 is 0 Å². The minimum absolute atomic E-state index is 0. The van der Waals surface area contributed by atoms with E-state index in [2.05, 4.69) is 45.9 Å². The third kappa shape index (κ3) is 7.86. The first-order chi connectivity index (χ1) is 14.2. The minimum atomic E-state index is 0. The minimum Gasteiger partial charge on any atom is -0.492 e. The van der Waals surface area contributed by atoms with Crippen molar-refractivity contribution in [1.29, 1.82) is 0 Å². The first-order valence-electron chi connectivity index (χ1n) is 11.0. The first kappa shape index (κ1) is 25.2. The zero-order chi connectivity index (χ0) is 20.5. The number of aliphatic imine (C=N–C) groups is 1. The van der Waals surface area contributed by atoms with Gasteiger partial charge < -0.3 is 19.9 Å². The number of hydrogen-bond donors (Lipinski definition) is 1. The van der Waals surface area contributed by atoms with E-state index in [0.29, 0.717) is 6.04 Å². The molecule has 0 saturated carbocycles. The Morgan fingerprint density at radius 1 is 1.07 bits per heavy atom. The topological polar surface area (TPSA) is 46.6 Å². The number of ether oxygens (including phenoxy) is 1. The maximum atomic E-state index is 5.85. The maximum Gasteiger partial charge on any atom is 0.194 e. The van der Waals surface area contributed by atoms with E-state index in [4.69, 9.17) is 9.73 Å². The Morgan fingerprint density at radius 3 is 2.50 bits per heavy atom. The van der Waals surface area contributed by atoms with Crippen LogP contribution in [0.4, 0.5) is 0 Å². The highest BCUT2D eigenvalue weighted by molar-refractivity contribution is 14.0. The van der Waals surface area contributed by atoms with Crippen LogP contribution in [0.25, 0.3) is 0 Å². The predicted molar refractivity (Wildman–Crippen MR) is 135 cm³/mol. The van der Waals surface area contributed by atoms with Crippen LogP contribution < -0.4 is 10.1 Å². The Kier molecular flexibility index (Phi) is 11.2. The molecule has 0 spiro atoms. The second kappa shape index (κ2) is 13.3. The first-order valence-corrected chi connectivity index (χ1v) is 11.0. The van der Waals surface area contributed by atoms with Crippen LogP contribution in [0.5, 0.6) is 5.75 Å². The summed E-state index contributed by atoms with van der Waals surface area (Å²) < 4.78 is 5.85. The van der Waals surface area contributed by atoms with Gasteiger partial charge in [0.15, 0.2) is 5.96 Å². The van der Waals surface area contributed by atoms with Gasteiger partial charge in [-0.25, -0.2) is 0 Å². The number of piperazine rings is 2. The molecule has 1 unspecified atom stereocenters. The summed E-state index contributed by atoms with van der Waals surface area (Å²) in [5.74, 6) is 2.01. The van der Waals surface area contributed by atoms with Gasteiger partial charge in [-0.3, -0.25) is 14.8 Å². The van der Waals surface area contributed by atoms with Gasteiger partial charge in [-0.05, 0) is 33.2 Å².